The third-order valence-electron chi connectivity index (χ3n) is 12.4. The predicted octanol–water partition coefficient (Wildman–Crippen LogP) is 13.3. The number of amides is 4. The van der Waals surface area contributed by atoms with Crippen molar-refractivity contribution < 1.29 is 28.7 Å². The lowest BCUT2D eigenvalue weighted by atomic mass is 9.85. The number of pyridine rings is 2. The summed E-state index contributed by atoms with van der Waals surface area (Å²) in [5.41, 5.74) is 0.832. The zero-order valence-electron chi connectivity index (χ0n) is 40.6. The number of ether oxygens (including phenoxy) is 2. The zero-order chi connectivity index (χ0) is 50.0. The molecule has 0 aliphatic carbocycles. The van der Waals surface area contributed by atoms with Gasteiger partial charge in [0.25, 0.3) is 11.8 Å². The topological polar surface area (TPSA) is 161 Å². The molecule has 12 nitrogen and oxygen atoms in total. The van der Waals surface area contributed by atoms with Gasteiger partial charge in [-0.05, 0) is 113 Å². The molecule has 4 N–H and O–H groups in total. The molecule has 72 heavy (non-hydrogen) atoms. The van der Waals surface area contributed by atoms with Gasteiger partial charge in [-0.2, -0.15) is 0 Å². The Hall–Kier alpha value is -8.64. The Labute approximate surface area is 418 Å². The first-order chi connectivity index (χ1) is 34.9. The van der Waals surface area contributed by atoms with E-state index in [0.717, 1.165) is 60.2 Å². The number of nitrogens with one attached hydrogen (secondary N) is 4. The van der Waals surface area contributed by atoms with Crippen LogP contribution in [0.1, 0.15) is 85.6 Å². The van der Waals surface area contributed by atoms with Crippen LogP contribution in [-0.2, 0) is 15.0 Å². The lowest BCUT2D eigenvalue weighted by Crippen LogP contribution is -2.20. The van der Waals surface area contributed by atoms with Crippen LogP contribution in [0, 0.1) is 0 Å². The molecule has 0 saturated carbocycles. The van der Waals surface area contributed by atoms with Crippen LogP contribution in [0.25, 0.3) is 43.1 Å². The average molecular weight is 957 g/mol. The monoisotopic (exact) mass is 956 g/mol. The highest BCUT2D eigenvalue weighted by Gasteiger charge is 2.21. The van der Waals surface area contributed by atoms with Gasteiger partial charge >= 0.3 is 0 Å². The summed E-state index contributed by atoms with van der Waals surface area (Å²) in [5.74, 6) is 1.35. The summed E-state index contributed by atoms with van der Waals surface area (Å²) in [6.07, 6.45) is 3.08. The van der Waals surface area contributed by atoms with E-state index in [4.69, 9.17) is 9.47 Å². The Morgan fingerprint density at radius 2 is 0.764 bits per heavy atom. The maximum Gasteiger partial charge on any atom is 0.256 e. The summed E-state index contributed by atoms with van der Waals surface area (Å²) < 4.78 is 12.6. The molecule has 0 radical (unpaired) electrons. The number of fused-ring (bicyclic) bond motifs is 4. The van der Waals surface area contributed by atoms with Crippen molar-refractivity contribution in [1.82, 2.24) is 9.97 Å². The van der Waals surface area contributed by atoms with Crippen molar-refractivity contribution in [3.8, 4) is 11.5 Å². The number of carbonyl (C=O) groups excluding carboxylic acids is 4. The molecule has 0 saturated heterocycles. The second-order valence-corrected chi connectivity index (χ2v) is 18.8. The fourth-order valence-electron chi connectivity index (χ4n) is 8.64. The van der Waals surface area contributed by atoms with E-state index in [1.807, 2.05) is 69.3 Å². The van der Waals surface area contributed by atoms with E-state index in [0.29, 0.717) is 50.5 Å². The van der Waals surface area contributed by atoms with Gasteiger partial charge in [-0.1, -0.05) is 130 Å². The van der Waals surface area contributed by atoms with Gasteiger partial charge in [0.05, 0.1) is 13.2 Å². The molecule has 0 bridgehead atoms. The summed E-state index contributed by atoms with van der Waals surface area (Å²) in [5, 5.41) is 20.0. The third-order valence-corrected chi connectivity index (χ3v) is 12.4. The fraction of sp³-hybridized carbons (Fsp3) is 0.200. The van der Waals surface area contributed by atoms with Crippen LogP contribution >= 0.6 is 0 Å². The first-order valence-corrected chi connectivity index (χ1v) is 24.3. The number of benzene rings is 7. The molecule has 9 rings (SSSR count). The molecule has 2 heterocycles. The highest BCUT2D eigenvalue weighted by molar-refractivity contribution is 6.09. The lowest BCUT2D eigenvalue weighted by Gasteiger charge is -2.21. The van der Waals surface area contributed by atoms with E-state index < -0.39 is 17.2 Å². The van der Waals surface area contributed by atoms with Crippen LogP contribution in [0.3, 0.4) is 0 Å². The minimum atomic E-state index is -0.485. The van der Waals surface area contributed by atoms with Gasteiger partial charge < -0.3 is 30.7 Å². The van der Waals surface area contributed by atoms with Gasteiger partial charge in [0.1, 0.15) is 34.8 Å². The lowest BCUT2D eigenvalue weighted by molar-refractivity contribution is -0.117. The van der Waals surface area contributed by atoms with Gasteiger partial charge in [-0.25, -0.2) is 9.97 Å². The fourth-order valence-corrected chi connectivity index (χ4v) is 8.64. The quantitative estimate of drug-likeness (QED) is 0.0488. The molecule has 0 atom stereocenters. The van der Waals surface area contributed by atoms with Gasteiger partial charge in [0.15, 0.2) is 0 Å². The number of rotatable bonds is 18. The highest BCUT2D eigenvalue weighted by Crippen LogP contribution is 2.36. The summed E-state index contributed by atoms with van der Waals surface area (Å²) >= 11 is 0. The van der Waals surface area contributed by atoms with Crippen molar-refractivity contribution in [2.24, 2.45) is 0 Å². The molecule has 362 valence electrons. The SMILES string of the molecule is CC(C)(C)c1cc(C(=O)Nc2cccc(NC(=O)CCCCOc3c4ccccc4cc4ccccc34)n2)cc(C(=O)Nc2cccc(NC(=O)CCCCOc3c4ccccc4cc4ccccc34)n2)c1. The van der Waals surface area contributed by atoms with Gasteiger partial charge in [-0.3, -0.25) is 19.2 Å². The summed E-state index contributed by atoms with van der Waals surface area (Å²) in [6.45, 7) is 6.89. The molecule has 7 aromatic carbocycles. The van der Waals surface area contributed by atoms with Crippen molar-refractivity contribution in [2.75, 3.05) is 34.5 Å². The van der Waals surface area contributed by atoms with Crippen molar-refractivity contribution in [3.05, 3.63) is 180 Å². The van der Waals surface area contributed by atoms with Crippen LogP contribution in [0.2, 0.25) is 0 Å². The van der Waals surface area contributed by atoms with E-state index in [1.165, 1.54) is 6.07 Å². The summed E-state index contributed by atoms with van der Waals surface area (Å²) in [6, 6.07) is 52.0. The average Bonchev–Trinajstić information content (AvgIpc) is 3.37. The van der Waals surface area contributed by atoms with E-state index in [2.05, 4.69) is 91.9 Å². The Bertz CT molecular complexity index is 3150. The van der Waals surface area contributed by atoms with Crippen LogP contribution in [0.4, 0.5) is 23.3 Å². The predicted molar refractivity (Wildman–Crippen MR) is 288 cm³/mol. The molecule has 0 spiro atoms. The molecular formula is C60H56N6O6. The van der Waals surface area contributed by atoms with Crippen LogP contribution < -0.4 is 30.7 Å². The zero-order valence-corrected chi connectivity index (χ0v) is 40.6. The number of carbonyl (C=O) groups is 4. The van der Waals surface area contributed by atoms with E-state index in [9.17, 15) is 19.2 Å². The molecule has 4 amide bonds. The highest BCUT2D eigenvalue weighted by atomic mass is 16.5. The molecule has 0 aliphatic rings. The largest absolute Gasteiger partial charge is 0.492 e. The molecule has 2 aromatic heterocycles. The van der Waals surface area contributed by atoms with E-state index in [1.54, 1.807) is 48.5 Å². The second-order valence-electron chi connectivity index (χ2n) is 18.8. The third kappa shape index (κ3) is 11.8. The van der Waals surface area contributed by atoms with Crippen LogP contribution in [-0.4, -0.2) is 46.8 Å². The van der Waals surface area contributed by atoms with Gasteiger partial charge in [0, 0.05) is 45.5 Å². The van der Waals surface area contributed by atoms with Crippen LogP contribution in [0.5, 0.6) is 11.5 Å². The van der Waals surface area contributed by atoms with Crippen molar-refractivity contribution in [1.29, 1.82) is 0 Å². The Kier molecular flexibility index (Phi) is 14.8. The molecule has 9 aromatic rings. The van der Waals surface area contributed by atoms with Crippen LogP contribution in [0.15, 0.2) is 164 Å². The first-order valence-electron chi connectivity index (χ1n) is 24.3. The normalized spacial score (nSPS) is 11.4. The summed E-state index contributed by atoms with van der Waals surface area (Å²) in [7, 11) is 0. The number of hydrogen-bond donors (Lipinski definition) is 4. The van der Waals surface area contributed by atoms with Crippen molar-refractivity contribution in [2.45, 2.75) is 64.7 Å². The smallest absolute Gasteiger partial charge is 0.256 e. The van der Waals surface area contributed by atoms with Crippen molar-refractivity contribution >= 4 is 90.0 Å². The Morgan fingerprint density at radius 3 is 1.12 bits per heavy atom. The molecule has 0 unspecified atom stereocenters. The van der Waals surface area contributed by atoms with Gasteiger partial charge in [-0.15, -0.1) is 0 Å². The minimum absolute atomic E-state index is 0.207. The number of anilines is 4. The number of aromatic nitrogens is 2. The first kappa shape index (κ1) is 48.4. The molecule has 0 aliphatic heterocycles. The molecule has 12 heteroatoms. The standard InChI is InChI=1S/C60H56N6O6/c1-60(2,3)45-37-43(58(69)65-52-28-16-26-50(61-52)63-54(67)30-12-14-32-71-56-46-22-8-4-18-39(46)34-40-19-5-9-23-47(40)56)36-44(38-45)59(70)66-53-29-17-27-51(62-53)64-55(68)31-13-15-33-72-57-48-24-10-6-20-41(48)35-42-21-7-11-25-49(42)57/h4-11,16-29,34-38H,12-15,30-33H2,1-3H3,(H2,61,63,65,67,69)(H2,62,64,66,68,70). The van der Waals surface area contributed by atoms with Crippen molar-refractivity contribution in [3.63, 3.8) is 0 Å². The van der Waals surface area contributed by atoms with E-state index in [-0.39, 0.29) is 47.4 Å². The van der Waals surface area contributed by atoms with E-state index >= 15 is 0 Å². The number of unbranched alkanes of at least 4 members (excludes halogenated alkanes) is 2. The Balaban J connectivity index is 0.758. The number of hydrogen-bond acceptors (Lipinski definition) is 8. The maximum absolute atomic E-state index is 13.8. The summed E-state index contributed by atoms with van der Waals surface area (Å²) in [4.78, 5) is 62.5. The number of nitrogens with zero attached hydrogens (tertiary/aromatic N) is 2. The second kappa shape index (κ2) is 22.0. The maximum atomic E-state index is 13.8. The molecular weight excluding hydrogens is 901 g/mol. The van der Waals surface area contributed by atoms with Gasteiger partial charge in [0.2, 0.25) is 11.8 Å². The minimum Gasteiger partial charge on any atom is -0.492 e. The Morgan fingerprint density at radius 1 is 0.417 bits per heavy atom. The molecule has 0 fully saturated rings.